The van der Waals surface area contributed by atoms with Gasteiger partial charge in [-0.2, -0.15) is 11.8 Å². The lowest BCUT2D eigenvalue weighted by Crippen LogP contribution is -2.12. The molecule has 7 heavy (non-hydrogen) atoms. The maximum absolute atomic E-state index is 5.34. The van der Waals surface area contributed by atoms with Gasteiger partial charge in [-0.3, -0.25) is 0 Å². The van der Waals surface area contributed by atoms with Crippen molar-refractivity contribution in [2.24, 2.45) is 11.7 Å². The summed E-state index contributed by atoms with van der Waals surface area (Å²) in [6.07, 6.45) is 2.10. The Balaban J connectivity index is 2.83. The second-order valence-corrected chi connectivity index (χ2v) is 2.71. The fraction of sp³-hybridized carbons (Fsp3) is 1.00. The topological polar surface area (TPSA) is 26.0 Å². The summed E-state index contributed by atoms with van der Waals surface area (Å²) in [6, 6.07) is 0. The van der Waals surface area contributed by atoms with Gasteiger partial charge in [-0.1, -0.05) is 6.92 Å². The van der Waals surface area contributed by atoms with Crippen molar-refractivity contribution in [3.63, 3.8) is 0 Å². The summed E-state index contributed by atoms with van der Waals surface area (Å²) in [5, 5.41) is 0. The molecule has 0 rings (SSSR count). The molecule has 0 aliphatic heterocycles. The average Bonchev–Trinajstić information content (AvgIpc) is 1.68. The Morgan fingerprint density at radius 3 is 2.43 bits per heavy atom. The zero-order valence-electron chi connectivity index (χ0n) is 4.98. The lowest BCUT2D eigenvalue weighted by molar-refractivity contribution is 0.676. The third kappa shape index (κ3) is 4.16. The summed E-state index contributed by atoms with van der Waals surface area (Å²) < 4.78 is 0. The molecule has 0 unspecified atom stereocenters. The van der Waals surface area contributed by atoms with Gasteiger partial charge >= 0.3 is 0 Å². The van der Waals surface area contributed by atoms with Crippen molar-refractivity contribution in [1.29, 1.82) is 0 Å². The summed E-state index contributed by atoms with van der Waals surface area (Å²) in [6.45, 7) is 2.98. The minimum atomic E-state index is 0.690. The van der Waals surface area contributed by atoms with Gasteiger partial charge in [0.15, 0.2) is 0 Å². The van der Waals surface area contributed by atoms with E-state index in [1.54, 1.807) is 0 Å². The third-order valence-corrected chi connectivity index (χ3v) is 1.76. The third-order valence-electron chi connectivity index (χ3n) is 0.854. The smallest absolute Gasteiger partial charge is 0.00325 e. The molecule has 0 bridgehead atoms. The van der Waals surface area contributed by atoms with Gasteiger partial charge in [0.1, 0.15) is 0 Å². The van der Waals surface area contributed by atoms with Crippen molar-refractivity contribution in [3.8, 4) is 0 Å². The van der Waals surface area contributed by atoms with Gasteiger partial charge in [-0.05, 0) is 24.5 Å². The number of hydrogen-bond acceptors (Lipinski definition) is 2. The highest BCUT2D eigenvalue weighted by Gasteiger charge is 1.93. The molecule has 0 spiro atoms. The van der Waals surface area contributed by atoms with E-state index in [2.05, 4.69) is 13.2 Å². The van der Waals surface area contributed by atoms with Crippen molar-refractivity contribution in [2.45, 2.75) is 6.92 Å². The Morgan fingerprint density at radius 2 is 2.29 bits per heavy atom. The minimum Gasteiger partial charge on any atom is -0.330 e. The molecule has 0 radical (unpaired) electrons. The van der Waals surface area contributed by atoms with Crippen LogP contribution in [0.15, 0.2) is 0 Å². The van der Waals surface area contributed by atoms with E-state index < -0.39 is 0 Å². The predicted octanol–water partition coefficient (Wildman–Crippen LogP) is 0.944. The molecule has 0 saturated carbocycles. The highest BCUT2D eigenvalue weighted by Crippen LogP contribution is 2.00. The molecule has 44 valence electrons. The van der Waals surface area contributed by atoms with E-state index in [1.165, 1.54) is 5.75 Å². The molecule has 0 aromatic heterocycles. The van der Waals surface area contributed by atoms with Crippen LogP contribution in [0.2, 0.25) is 0 Å². The molecule has 0 aliphatic rings. The van der Waals surface area contributed by atoms with Crippen LogP contribution in [0.5, 0.6) is 0 Å². The number of hydrogen-bond donors (Lipinski definition) is 1. The SMILES string of the molecule is CSC[C@@H](C)CN. The molecule has 1 nitrogen and oxygen atoms in total. The van der Waals surface area contributed by atoms with E-state index in [4.69, 9.17) is 5.73 Å². The molecule has 0 saturated heterocycles. The van der Waals surface area contributed by atoms with Crippen LogP contribution in [0.4, 0.5) is 0 Å². The first-order valence-electron chi connectivity index (χ1n) is 2.50. The van der Waals surface area contributed by atoms with E-state index in [1.807, 2.05) is 11.8 Å². The zero-order valence-corrected chi connectivity index (χ0v) is 5.79. The Bertz CT molecular complexity index is 39.1. The maximum atomic E-state index is 5.34. The number of rotatable bonds is 3. The zero-order chi connectivity index (χ0) is 5.70. The first-order chi connectivity index (χ1) is 3.31. The van der Waals surface area contributed by atoms with Gasteiger partial charge in [0, 0.05) is 0 Å². The van der Waals surface area contributed by atoms with Gasteiger partial charge in [0.25, 0.3) is 0 Å². The van der Waals surface area contributed by atoms with Gasteiger partial charge < -0.3 is 5.73 Å². The molecular formula is C5H13NS. The molecular weight excluding hydrogens is 106 g/mol. The summed E-state index contributed by atoms with van der Waals surface area (Å²) in [4.78, 5) is 0. The van der Waals surface area contributed by atoms with Crippen LogP contribution in [0.25, 0.3) is 0 Å². The van der Waals surface area contributed by atoms with Gasteiger partial charge in [0.2, 0.25) is 0 Å². The van der Waals surface area contributed by atoms with Crippen molar-refractivity contribution in [2.75, 3.05) is 18.6 Å². The second kappa shape index (κ2) is 4.47. The molecule has 2 N–H and O–H groups in total. The van der Waals surface area contributed by atoms with E-state index in [-0.39, 0.29) is 0 Å². The first-order valence-corrected chi connectivity index (χ1v) is 3.89. The Kier molecular flexibility index (Phi) is 4.67. The summed E-state index contributed by atoms with van der Waals surface area (Å²) in [7, 11) is 0. The molecule has 0 heterocycles. The largest absolute Gasteiger partial charge is 0.330 e. The van der Waals surface area contributed by atoms with E-state index in [0.717, 1.165) is 6.54 Å². The lowest BCUT2D eigenvalue weighted by atomic mass is 10.2. The van der Waals surface area contributed by atoms with Gasteiger partial charge in [-0.15, -0.1) is 0 Å². The molecule has 0 fully saturated rings. The van der Waals surface area contributed by atoms with Gasteiger partial charge in [0.05, 0.1) is 0 Å². The standard InChI is InChI=1S/C5H13NS/c1-5(3-6)4-7-2/h5H,3-4,6H2,1-2H3/t5-/m0/s1. The lowest BCUT2D eigenvalue weighted by Gasteiger charge is -2.02. The van der Waals surface area contributed by atoms with Crippen LogP contribution in [-0.4, -0.2) is 18.6 Å². The fourth-order valence-electron chi connectivity index (χ4n) is 0.353. The van der Waals surface area contributed by atoms with Crippen LogP contribution in [0, 0.1) is 5.92 Å². The Hall–Kier alpha value is 0.310. The molecule has 0 amide bonds. The highest BCUT2D eigenvalue weighted by molar-refractivity contribution is 7.98. The summed E-state index contributed by atoms with van der Waals surface area (Å²) in [5.41, 5.74) is 5.34. The summed E-state index contributed by atoms with van der Waals surface area (Å²) in [5.74, 6) is 1.88. The minimum absolute atomic E-state index is 0.690. The van der Waals surface area contributed by atoms with Crippen molar-refractivity contribution in [3.05, 3.63) is 0 Å². The van der Waals surface area contributed by atoms with Crippen LogP contribution in [-0.2, 0) is 0 Å². The Labute approximate surface area is 49.7 Å². The fourth-order valence-corrected chi connectivity index (χ4v) is 1.06. The van der Waals surface area contributed by atoms with E-state index >= 15 is 0 Å². The molecule has 0 aromatic rings. The average molecular weight is 119 g/mol. The predicted molar refractivity (Wildman–Crippen MR) is 36.6 cm³/mol. The highest BCUT2D eigenvalue weighted by atomic mass is 32.2. The maximum Gasteiger partial charge on any atom is -0.00325 e. The molecule has 0 aromatic carbocycles. The van der Waals surface area contributed by atoms with Crippen molar-refractivity contribution >= 4 is 11.8 Å². The molecule has 0 aliphatic carbocycles. The van der Waals surface area contributed by atoms with Gasteiger partial charge in [-0.25, -0.2) is 0 Å². The first kappa shape index (κ1) is 7.31. The van der Waals surface area contributed by atoms with Crippen LogP contribution < -0.4 is 5.73 Å². The number of nitrogens with two attached hydrogens (primary N) is 1. The molecule has 2 heteroatoms. The van der Waals surface area contributed by atoms with Crippen molar-refractivity contribution < 1.29 is 0 Å². The second-order valence-electron chi connectivity index (χ2n) is 1.80. The quantitative estimate of drug-likeness (QED) is 0.598. The van der Waals surface area contributed by atoms with E-state index in [0.29, 0.717) is 5.92 Å². The van der Waals surface area contributed by atoms with Crippen LogP contribution in [0.1, 0.15) is 6.92 Å². The normalized spacial score (nSPS) is 14.1. The number of thioether (sulfide) groups is 1. The molecule has 1 atom stereocenters. The van der Waals surface area contributed by atoms with Crippen LogP contribution >= 0.6 is 11.8 Å². The monoisotopic (exact) mass is 119 g/mol. The van der Waals surface area contributed by atoms with E-state index in [9.17, 15) is 0 Å². The summed E-state index contributed by atoms with van der Waals surface area (Å²) >= 11 is 1.85. The Morgan fingerprint density at radius 1 is 1.71 bits per heavy atom. The van der Waals surface area contributed by atoms with Crippen LogP contribution in [0.3, 0.4) is 0 Å². The van der Waals surface area contributed by atoms with Crippen molar-refractivity contribution in [1.82, 2.24) is 0 Å².